The van der Waals surface area contributed by atoms with Crippen molar-refractivity contribution in [3.05, 3.63) is 40.7 Å². The average Bonchev–Trinajstić information content (AvgIpc) is 3.16. The molecule has 0 radical (unpaired) electrons. The van der Waals surface area contributed by atoms with Crippen LogP contribution in [0.3, 0.4) is 0 Å². The Bertz CT molecular complexity index is 906. The Morgan fingerprint density at radius 1 is 1.29 bits per heavy atom. The van der Waals surface area contributed by atoms with Crippen molar-refractivity contribution < 1.29 is 9.90 Å². The second-order valence-electron chi connectivity index (χ2n) is 6.36. The third kappa shape index (κ3) is 2.51. The van der Waals surface area contributed by atoms with Crippen LogP contribution >= 0.6 is 11.3 Å². The number of thiazole rings is 1. The van der Waals surface area contributed by atoms with Gasteiger partial charge < -0.3 is 5.11 Å². The molecule has 1 fully saturated rings. The molecule has 1 aliphatic carbocycles. The zero-order valence-corrected chi connectivity index (χ0v) is 14.3. The van der Waals surface area contributed by atoms with Crippen LogP contribution in [0.15, 0.2) is 24.4 Å². The van der Waals surface area contributed by atoms with Gasteiger partial charge in [-0.2, -0.15) is 5.10 Å². The molecular formula is C18H19N3O2S. The van der Waals surface area contributed by atoms with Crippen LogP contribution in [0.25, 0.3) is 16.1 Å². The first kappa shape index (κ1) is 15.3. The number of hydrogen-bond acceptors (Lipinski definition) is 4. The van der Waals surface area contributed by atoms with Crippen molar-refractivity contribution in [3.63, 3.8) is 0 Å². The lowest BCUT2D eigenvalue weighted by Crippen LogP contribution is -2.09. The Labute approximate surface area is 144 Å². The third-order valence-electron chi connectivity index (χ3n) is 4.77. The molecule has 24 heavy (non-hydrogen) atoms. The summed E-state index contributed by atoms with van der Waals surface area (Å²) in [5.74, 6) is -0.592. The Kier molecular flexibility index (Phi) is 3.84. The maximum Gasteiger partial charge on any atom is 0.347 e. The van der Waals surface area contributed by atoms with Crippen LogP contribution in [-0.4, -0.2) is 25.7 Å². The second-order valence-corrected chi connectivity index (χ2v) is 7.36. The molecule has 6 heteroatoms. The molecule has 3 heterocycles. The zero-order valence-electron chi connectivity index (χ0n) is 13.5. The van der Waals surface area contributed by atoms with Crippen molar-refractivity contribution in [1.29, 1.82) is 0 Å². The molecule has 0 aromatic carbocycles. The van der Waals surface area contributed by atoms with Crippen LogP contribution in [0.4, 0.5) is 0 Å². The number of carboxylic acids is 1. The maximum atomic E-state index is 11.7. The summed E-state index contributed by atoms with van der Waals surface area (Å²) < 4.78 is 1.83. The quantitative estimate of drug-likeness (QED) is 0.761. The molecule has 0 unspecified atom stereocenters. The van der Waals surface area contributed by atoms with Gasteiger partial charge in [0.2, 0.25) is 0 Å². The highest BCUT2D eigenvalue weighted by Gasteiger charge is 2.27. The fraction of sp³-hybridized carbons (Fsp3) is 0.389. The predicted molar refractivity (Wildman–Crippen MR) is 93.8 cm³/mol. The van der Waals surface area contributed by atoms with Gasteiger partial charge in [-0.05, 0) is 31.9 Å². The van der Waals surface area contributed by atoms with Gasteiger partial charge in [0.1, 0.15) is 9.88 Å². The van der Waals surface area contributed by atoms with E-state index in [9.17, 15) is 9.90 Å². The van der Waals surface area contributed by atoms with Gasteiger partial charge in [0.15, 0.2) is 0 Å². The summed E-state index contributed by atoms with van der Waals surface area (Å²) in [5, 5.41) is 14.9. The number of aromatic carboxylic acids is 1. The smallest absolute Gasteiger partial charge is 0.347 e. The van der Waals surface area contributed by atoms with E-state index in [-0.39, 0.29) is 5.92 Å². The SMILES string of the molecule is Cc1nn2ccccc2c1-c1nc(C2CCCCC2)c(C(=O)O)s1. The monoisotopic (exact) mass is 341 g/mol. The summed E-state index contributed by atoms with van der Waals surface area (Å²) in [5.41, 5.74) is 3.57. The average molecular weight is 341 g/mol. The predicted octanol–water partition coefficient (Wildman–Crippen LogP) is 4.51. The van der Waals surface area contributed by atoms with Crippen molar-refractivity contribution in [2.24, 2.45) is 0 Å². The van der Waals surface area contributed by atoms with Crippen LogP contribution in [0.2, 0.25) is 0 Å². The van der Waals surface area contributed by atoms with Gasteiger partial charge in [0.05, 0.1) is 22.5 Å². The summed E-state index contributed by atoms with van der Waals surface area (Å²) in [6, 6.07) is 5.90. The lowest BCUT2D eigenvalue weighted by atomic mass is 9.86. The minimum absolute atomic E-state index is 0.275. The Morgan fingerprint density at radius 2 is 2.08 bits per heavy atom. The Morgan fingerprint density at radius 3 is 2.83 bits per heavy atom. The first-order valence-electron chi connectivity index (χ1n) is 8.33. The van der Waals surface area contributed by atoms with Crippen LogP contribution < -0.4 is 0 Å². The van der Waals surface area contributed by atoms with E-state index in [1.165, 1.54) is 17.8 Å². The van der Waals surface area contributed by atoms with Crippen molar-refractivity contribution >= 4 is 22.8 Å². The number of aryl methyl sites for hydroxylation is 1. The van der Waals surface area contributed by atoms with E-state index >= 15 is 0 Å². The minimum Gasteiger partial charge on any atom is -0.477 e. The molecular weight excluding hydrogens is 322 g/mol. The number of nitrogens with zero attached hydrogens (tertiary/aromatic N) is 3. The highest BCUT2D eigenvalue weighted by Crippen LogP contribution is 2.40. The van der Waals surface area contributed by atoms with Gasteiger partial charge in [0, 0.05) is 12.1 Å². The zero-order chi connectivity index (χ0) is 16.7. The molecule has 124 valence electrons. The molecule has 3 aromatic heterocycles. The van der Waals surface area contributed by atoms with Gasteiger partial charge >= 0.3 is 5.97 Å². The number of pyridine rings is 1. The van der Waals surface area contributed by atoms with Crippen molar-refractivity contribution in [2.75, 3.05) is 0 Å². The highest BCUT2D eigenvalue weighted by molar-refractivity contribution is 7.17. The van der Waals surface area contributed by atoms with E-state index in [4.69, 9.17) is 4.98 Å². The molecule has 0 spiro atoms. The number of carboxylic acid groups (broad SMARTS) is 1. The van der Waals surface area contributed by atoms with Gasteiger partial charge in [-0.25, -0.2) is 14.3 Å². The van der Waals surface area contributed by atoms with Gasteiger partial charge in [0.25, 0.3) is 0 Å². The standard InChI is InChI=1S/C18H19N3O2S/c1-11-14(13-9-5-6-10-21(13)20-11)17-19-15(16(24-17)18(22)23)12-7-3-2-4-8-12/h5-6,9-10,12H,2-4,7-8H2,1H3,(H,22,23). The fourth-order valence-electron chi connectivity index (χ4n) is 3.63. The summed E-state index contributed by atoms with van der Waals surface area (Å²) in [6.07, 6.45) is 7.54. The van der Waals surface area contributed by atoms with E-state index < -0.39 is 5.97 Å². The Balaban J connectivity index is 1.86. The second kappa shape index (κ2) is 6.02. The molecule has 0 saturated heterocycles. The van der Waals surface area contributed by atoms with Crippen molar-refractivity contribution in [2.45, 2.75) is 44.9 Å². The summed E-state index contributed by atoms with van der Waals surface area (Å²) >= 11 is 1.28. The molecule has 0 atom stereocenters. The lowest BCUT2D eigenvalue weighted by Gasteiger charge is -2.20. The molecule has 1 aliphatic rings. The van der Waals surface area contributed by atoms with E-state index in [1.54, 1.807) is 0 Å². The highest BCUT2D eigenvalue weighted by atomic mass is 32.1. The van der Waals surface area contributed by atoms with Gasteiger partial charge in [-0.3, -0.25) is 0 Å². The molecule has 1 saturated carbocycles. The number of hydrogen-bond donors (Lipinski definition) is 1. The molecule has 5 nitrogen and oxygen atoms in total. The number of fused-ring (bicyclic) bond motifs is 1. The van der Waals surface area contributed by atoms with Crippen LogP contribution in [-0.2, 0) is 0 Å². The topological polar surface area (TPSA) is 67.5 Å². The lowest BCUT2D eigenvalue weighted by molar-refractivity contribution is 0.0700. The minimum atomic E-state index is -0.867. The Hall–Kier alpha value is -2.21. The first-order valence-corrected chi connectivity index (χ1v) is 9.15. The molecule has 0 aliphatic heterocycles. The van der Waals surface area contributed by atoms with Crippen molar-refractivity contribution in [3.8, 4) is 10.6 Å². The third-order valence-corrected chi connectivity index (χ3v) is 5.84. The normalized spacial score (nSPS) is 15.9. The maximum absolute atomic E-state index is 11.7. The van der Waals surface area contributed by atoms with E-state index in [0.29, 0.717) is 4.88 Å². The fourth-order valence-corrected chi connectivity index (χ4v) is 4.72. The molecule has 0 bridgehead atoms. The van der Waals surface area contributed by atoms with Crippen molar-refractivity contribution in [1.82, 2.24) is 14.6 Å². The van der Waals surface area contributed by atoms with E-state index in [2.05, 4.69) is 5.10 Å². The summed E-state index contributed by atoms with van der Waals surface area (Å²) in [6.45, 7) is 1.95. The van der Waals surface area contributed by atoms with Gasteiger partial charge in [-0.15, -0.1) is 11.3 Å². The largest absolute Gasteiger partial charge is 0.477 e. The summed E-state index contributed by atoms with van der Waals surface area (Å²) in [7, 11) is 0. The van der Waals surface area contributed by atoms with E-state index in [0.717, 1.165) is 53.2 Å². The molecule has 3 aromatic rings. The number of rotatable bonds is 3. The molecule has 1 N–H and O–H groups in total. The number of aromatic nitrogens is 3. The van der Waals surface area contributed by atoms with Crippen LogP contribution in [0.5, 0.6) is 0 Å². The first-order chi connectivity index (χ1) is 11.6. The molecule has 4 rings (SSSR count). The number of carbonyl (C=O) groups is 1. The van der Waals surface area contributed by atoms with Crippen LogP contribution in [0.1, 0.15) is 59.1 Å². The van der Waals surface area contributed by atoms with Crippen LogP contribution in [0, 0.1) is 6.92 Å². The van der Waals surface area contributed by atoms with Gasteiger partial charge in [-0.1, -0.05) is 25.3 Å². The molecule has 0 amide bonds. The summed E-state index contributed by atoms with van der Waals surface area (Å²) in [4.78, 5) is 16.9. The van der Waals surface area contributed by atoms with E-state index in [1.807, 2.05) is 35.8 Å².